The van der Waals surface area contributed by atoms with E-state index in [0.29, 0.717) is 11.0 Å². The van der Waals surface area contributed by atoms with E-state index in [1.54, 1.807) is 7.11 Å². The molecule has 0 saturated heterocycles. The van der Waals surface area contributed by atoms with Crippen LogP contribution in [0, 0.1) is 0 Å². The Balaban J connectivity index is 1.46. The molecule has 9 heteroatoms. The summed E-state index contributed by atoms with van der Waals surface area (Å²) in [6.07, 6.45) is 0. The summed E-state index contributed by atoms with van der Waals surface area (Å²) in [4.78, 5) is 15.0. The van der Waals surface area contributed by atoms with E-state index < -0.39 is 0 Å². The number of rotatable bonds is 12. The van der Waals surface area contributed by atoms with Crippen molar-refractivity contribution in [3.63, 3.8) is 0 Å². The number of nitrogens with zero attached hydrogens (tertiary/aromatic N) is 4. The van der Waals surface area contributed by atoms with Gasteiger partial charge in [0.2, 0.25) is 5.91 Å². The molecule has 3 aromatic carbocycles. The second-order valence-electron chi connectivity index (χ2n) is 8.09. The van der Waals surface area contributed by atoms with Gasteiger partial charge in [-0.2, -0.15) is 0 Å². The van der Waals surface area contributed by atoms with Crippen LogP contribution in [0.25, 0.3) is 5.69 Å². The van der Waals surface area contributed by atoms with E-state index in [0.717, 1.165) is 41.7 Å². The molecule has 8 nitrogen and oxygen atoms in total. The number of ether oxygens (including phenoxy) is 2. The molecular weight excluding hydrogens is 486 g/mol. The van der Waals surface area contributed by atoms with E-state index in [-0.39, 0.29) is 18.3 Å². The summed E-state index contributed by atoms with van der Waals surface area (Å²) >= 11 is 1.32. The highest BCUT2D eigenvalue weighted by atomic mass is 32.2. The predicted octanol–water partition coefficient (Wildman–Crippen LogP) is 5.43. The third-order valence-electron chi connectivity index (χ3n) is 5.75. The molecule has 0 radical (unpaired) electrons. The standard InChI is InChI=1S/C28H31N5O3S/c1-4-32(5-2)22-13-11-21(12-14-22)29-27(34)20-37-28-31-30-26(19-36-25-9-7-6-8-10-25)33(28)23-15-17-24(35-3)18-16-23/h6-18H,4-5,19-20H2,1-3H3,(H,29,34). The molecule has 0 unspecified atom stereocenters. The maximum absolute atomic E-state index is 12.7. The molecule has 1 N–H and O–H groups in total. The Labute approximate surface area is 221 Å². The van der Waals surface area contributed by atoms with Crippen molar-refractivity contribution in [3.05, 3.63) is 84.7 Å². The van der Waals surface area contributed by atoms with Gasteiger partial charge in [0.05, 0.1) is 12.9 Å². The number of para-hydroxylation sites is 1. The topological polar surface area (TPSA) is 81.5 Å². The van der Waals surface area contributed by atoms with Crippen LogP contribution in [-0.4, -0.2) is 46.6 Å². The first-order valence-corrected chi connectivity index (χ1v) is 13.1. The van der Waals surface area contributed by atoms with Crippen LogP contribution < -0.4 is 19.7 Å². The minimum Gasteiger partial charge on any atom is -0.497 e. The Morgan fingerprint density at radius 2 is 1.62 bits per heavy atom. The van der Waals surface area contributed by atoms with Crippen molar-refractivity contribution >= 4 is 29.0 Å². The molecule has 0 spiro atoms. The van der Waals surface area contributed by atoms with Gasteiger partial charge < -0.3 is 19.7 Å². The molecule has 192 valence electrons. The summed E-state index contributed by atoms with van der Waals surface area (Å²) in [6.45, 7) is 6.35. The van der Waals surface area contributed by atoms with Crippen molar-refractivity contribution in [3.8, 4) is 17.2 Å². The zero-order chi connectivity index (χ0) is 26.0. The summed E-state index contributed by atoms with van der Waals surface area (Å²) in [5.74, 6) is 2.19. The number of anilines is 2. The fourth-order valence-corrected chi connectivity index (χ4v) is 4.58. The van der Waals surface area contributed by atoms with Crippen molar-refractivity contribution in [2.24, 2.45) is 0 Å². The van der Waals surface area contributed by atoms with Gasteiger partial charge in [0.25, 0.3) is 0 Å². The lowest BCUT2D eigenvalue weighted by Gasteiger charge is -2.21. The molecule has 4 rings (SSSR count). The number of nitrogens with one attached hydrogen (secondary N) is 1. The van der Waals surface area contributed by atoms with Crippen molar-refractivity contribution in [2.75, 3.05) is 36.2 Å². The van der Waals surface area contributed by atoms with Gasteiger partial charge in [-0.1, -0.05) is 30.0 Å². The summed E-state index contributed by atoms with van der Waals surface area (Å²) < 4.78 is 13.1. The number of methoxy groups -OCH3 is 1. The van der Waals surface area contributed by atoms with Crippen LogP contribution >= 0.6 is 11.8 Å². The summed E-state index contributed by atoms with van der Waals surface area (Å²) in [7, 11) is 1.63. The lowest BCUT2D eigenvalue weighted by Crippen LogP contribution is -2.21. The van der Waals surface area contributed by atoms with Crippen molar-refractivity contribution in [1.82, 2.24) is 14.8 Å². The number of benzene rings is 3. The number of hydrogen-bond donors (Lipinski definition) is 1. The highest BCUT2D eigenvalue weighted by molar-refractivity contribution is 7.99. The van der Waals surface area contributed by atoms with Gasteiger partial charge in [0.1, 0.15) is 18.1 Å². The van der Waals surface area contributed by atoms with E-state index >= 15 is 0 Å². The zero-order valence-corrected chi connectivity index (χ0v) is 22.1. The minimum absolute atomic E-state index is 0.119. The molecule has 0 fully saturated rings. The van der Waals surface area contributed by atoms with Crippen LogP contribution in [0.4, 0.5) is 11.4 Å². The van der Waals surface area contributed by atoms with Gasteiger partial charge in [0.15, 0.2) is 11.0 Å². The Bertz CT molecular complexity index is 1270. The maximum atomic E-state index is 12.7. The Morgan fingerprint density at radius 3 is 2.27 bits per heavy atom. The lowest BCUT2D eigenvalue weighted by atomic mass is 10.2. The fraction of sp³-hybridized carbons (Fsp3) is 0.250. The van der Waals surface area contributed by atoms with Gasteiger partial charge in [-0.25, -0.2) is 0 Å². The van der Waals surface area contributed by atoms with E-state index in [1.807, 2.05) is 83.4 Å². The Hall–Kier alpha value is -3.98. The van der Waals surface area contributed by atoms with E-state index in [4.69, 9.17) is 9.47 Å². The van der Waals surface area contributed by atoms with Crippen LogP contribution in [0.3, 0.4) is 0 Å². The molecule has 0 aliphatic heterocycles. The number of thioether (sulfide) groups is 1. The highest BCUT2D eigenvalue weighted by Crippen LogP contribution is 2.25. The first kappa shape index (κ1) is 26.1. The van der Waals surface area contributed by atoms with Crippen LogP contribution in [0.1, 0.15) is 19.7 Å². The average Bonchev–Trinajstić information content (AvgIpc) is 3.35. The largest absolute Gasteiger partial charge is 0.497 e. The smallest absolute Gasteiger partial charge is 0.234 e. The molecular formula is C28H31N5O3S. The normalized spacial score (nSPS) is 10.7. The Morgan fingerprint density at radius 1 is 0.919 bits per heavy atom. The number of aromatic nitrogens is 3. The first-order chi connectivity index (χ1) is 18.1. The van der Waals surface area contributed by atoms with E-state index in [2.05, 4.69) is 34.3 Å². The van der Waals surface area contributed by atoms with Gasteiger partial charge in [0, 0.05) is 30.2 Å². The lowest BCUT2D eigenvalue weighted by molar-refractivity contribution is -0.113. The molecule has 1 aromatic heterocycles. The monoisotopic (exact) mass is 517 g/mol. The SMILES string of the molecule is CCN(CC)c1ccc(NC(=O)CSc2nnc(COc3ccccc3)n2-c2ccc(OC)cc2)cc1. The van der Waals surface area contributed by atoms with Gasteiger partial charge in [-0.05, 0) is 74.5 Å². The number of hydrogen-bond acceptors (Lipinski definition) is 7. The summed E-state index contributed by atoms with van der Waals surface area (Å²) in [6, 6.07) is 25.1. The van der Waals surface area contributed by atoms with Crippen LogP contribution in [0.5, 0.6) is 11.5 Å². The van der Waals surface area contributed by atoms with Gasteiger partial charge >= 0.3 is 0 Å². The van der Waals surface area contributed by atoms with Gasteiger partial charge in [-0.15, -0.1) is 10.2 Å². The first-order valence-electron chi connectivity index (χ1n) is 12.2. The third-order valence-corrected chi connectivity index (χ3v) is 6.68. The second kappa shape index (κ2) is 12.8. The van der Waals surface area contributed by atoms with Crippen LogP contribution in [0.15, 0.2) is 84.0 Å². The second-order valence-corrected chi connectivity index (χ2v) is 9.03. The molecule has 0 saturated carbocycles. The zero-order valence-electron chi connectivity index (χ0n) is 21.3. The average molecular weight is 518 g/mol. The predicted molar refractivity (Wildman–Crippen MR) is 148 cm³/mol. The molecule has 37 heavy (non-hydrogen) atoms. The van der Waals surface area contributed by atoms with Crippen LogP contribution in [0.2, 0.25) is 0 Å². The Kier molecular flexibility index (Phi) is 9.04. The van der Waals surface area contributed by atoms with E-state index in [1.165, 1.54) is 11.8 Å². The molecule has 0 bridgehead atoms. The van der Waals surface area contributed by atoms with Crippen molar-refractivity contribution in [2.45, 2.75) is 25.6 Å². The van der Waals surface area contributed by atoms with Crippen molar-refractivity contribution < 1.29 is 14.3 Å². The van der Waals surface area contributed by atoms with Crippen LogP contribution in [-0.2, 0) is 11.4 Å². The molecule has 4 aromatic rings. The van der Waals surface area contributed by atoms with E-state index in [9.17, 15) is 4.79 Å². The molecule has 0 atom stereocenters. The third kappa shape index (κ3) is 6.83. The minimum atomic E-state index is -0.119. The van der Waals surface area contributed by atoms with Crippen molar-refractivity contribution in [1.29, 1.82) is 0 Å². The molecule has 0 aliphatic carbocycles. The summed E-state index contributed by atoms with van der Waals surface area (Å²) in [5, 5.41) is 12.3. The fourth-order valence-electron chi connectivity index (χ4n) is 3.81. The molecule has 0 aliphatic rings. The molecule has 1 heterocycles. The number of carbonyl (C=O) groups is 1. The highest BCUT2D eigenvalue weighted by Gasteiger charge is 2.17. The molecule has 1 amide bonds. The van der Waals surface area contributed by atoms with Gasteiger partial charge in [-0.3, -0.25) is 9.36 Å². The number of amides is 1. The summed E-state index contributed by atoms with van der Waals surface area (Å²) in [5.41, 5.74) is 2.75. The maximum Gasteiger partial charge on any atom is 0.234 e. The number of carbonyl (C=O) groups excluding carboxylic acids is 1. The quantitative estimate of drug-likeness (QED) is 0.251.